The summed E-state index contributed by atoms with van der Waals surface area (Å²) in [5.41, 5.74) is -0.617. The van der Waals surface area contributed by atoms with E-state index in [1.807, 2.05) is 0 Å². The Hall–Kier alpha value is -0.840. The van der Waals surface area contributed by atoms with Gasteiger partial charge in [0.2, 0.25) is 0 Å². The molecule has 2 aliphatic rings. The van der Waals surface area contributed by atoms with Crippen LogP contribution in [-0.2, 0) is 4.84 Å². The number of hydrogen-bond acceptors (Lipinski definition) is 4. The summed E-state index contributed by atoms with van der Waals surface area (Å²) < 4.78 is 0. The van der Waals surface area contributed by atoms with Gasteiger partial charge in [0.15, 0.2) is 5.72 Å². The molecule has 0 spiro atoms. The summed E-state index contributed by atoms with van der Waals surface area (Å²) in [7, 11) is 0. The van der Waals surface area contributed by atoms with Crippen LogP contribution in [0.1, 0.15) is 25.7 Å². The molecular formula is C6H10N2O3. The highest BCUT2D eigenvalue weighted by Gasteiger charge is 2.47. The van der Waals surface area contributed by atoms with E-state index < -0.39 is 10.8 Å². The van der Waals surface area contributed by atoms with Crippen molar-refractivity contribution in [3.63, 3.8) is 0 Å². The summed E-state index contributed by atoms with van der Waals surface area (Å²) in [5, 5.41) is 12.5. The quantitative estimate of drug-likeness (QED) is 0.467. The molecule has 5 heteroatoms. The fourth-order valence-corrected chi connectivity index (χ4v) is 2.01. The first-order chi connectivity index (χ1) is 5.20. The van der Waals surface area contributed by atoms with E-state index in [0.717, 1.165) is 25.7 Å². The molecule has 0 atom stereocenters. The lowest BCUT2D eigenvalue weighted by Gasteiger charge is -2.22. The Balaban J connectivity index is 2.05. The maximum atomic E-state index is 10.1. The SMILES string of the molecule is O=[N+]([O-])OC12CCC(CC1)N2. The molecule has 2 aliphatic heterocycles. The van der Waals surface area contributed by atoms with Crippen molar-refractivity contribution < 1.29 is 9.92 Å². The van der Waals surface area contributed by atoms with Crippen LogP contribution in [0.3, 0.4) is 0 Å². The maximum absolute atomic E-state index is 10.1. The summed E-state index contributed by atoms with van der Waals surface area (Å²) in [5.74, 6) is 0. The molecule has 2 fully saturated rings. The Kier molecular flexibility index (Phi) is 1.29. The average molecular weight is 158 g/mol. The fourth-order valence-electron chi connectivity index (χ4n) is 2.01. The van der Waals surface area contributed by atoms with E-state index in [1.165, 1.54) is 0 Å². The Bertz CT molecular complexity index is 186. The van der Waals surface area contributed by atoms with E-state index in [-0.39, 0.29) is 0 Å². The molecule has 2 rings (SSSR count). The lowest BCUT2D eigenvalue weighted by molar-refractivity contribution is -0.782. The molecule has 0 aliphatic carbocycles. The zero-order valence-electron chi connectivity index (χ0n) is 6.08. The third-order valence-corrected chi connectivity index (χ3v) is 2.51. The number of fused-ring (bicyclic) bond motifs is 2. The van der Waals surface area contributed by atoms with Gasteiger partial charge in [-0.25, -0.2) is 0 Å². The van der Waals surface area contributed by atoms with Crippen LogP contribution in [0.15, 0.2) is 0 Å². The van der Waals surface area contributed by atoms with Crippen molar-refractivity contribution in [2.75, 3.05) is 0 Å². The van der Waals surface area contributed by atoms with Gasteiger partial charge in [-0.3, -0.25) is 10.2 Å². The second kappa shape index (κ2) is 2.07. The van der Waals surface area contributed by atoms with Gasteiger partial charge in [-0.05, 0) is 25.7 Å². The fraction of sp³-hybridized carbons (Fsp3) is 1.00. The number of hydrogen-bond donors (Lipinski definition) is 1. The largest absolute Gasteiger partial charge is 0.296 e. The van der Waals surface area contributed by atoms with Crippen LogP contribution in [0.2, 0.25) is 0 Å². The van der Waals surface area contributed by atoms with E-state index >= 15 is 0 Å². The van der Waals surface area contributed by atoms with Crippen LogP contribution in [0.4, 0.5) is 0 Å². The third kappa shape index (κ3) is 1.05. The van der Waals surface area contributed by atoms with E-state index in [9.17, 15) is 10.1 Å². The van der Waals surface area contributed by atoms with Gasteiger partial charge in [-0.1, -0.05) is 0 Å². The summed E-state index contributed by atoms with van der Waals surface area (Å²) in [6.07, 6.45) is 3.57. The molecule has 11 heavy (non-hydrogen) atoms. The number of nitrogens with zero attached hydrogens (tertiary/aromatic N) is 1. The van der Waals surface area contributed by atoms with Crippen LogP contribution in [-0.4, -0.2) is 16.9 Å². The van der Waals surface area contributed by atoms with Crippen molar-refractivity contribution in [1.29, 1.82) is 0 Å². The second-order valence-corrected chi connectivity index (χ2v) is 3.23. The van der Waals surface area contributed by atoms with Crippen LogP contribution < -0.4 is 5.32 Å². The van der Waals surface area contributed by atoms with E-state index in [1.54, 1.807) is 0 Å². The minimum Gasteiger partial charge on any atom is -0.292 e. The summed E-state index contributed by atoms with van der Waals surface area (Å²) in [6.45, 7) is 0. The Morgan fingerprint density at radius 2 is 2.18 bits per heavy atom. The van der Waals surface area contributed by atoms with Crippen LogP contribution in [0, 0.1) is 10.1 Å². The van der Waals surface area contributed by atoms with Crippen LogP contribution in [0.5, 0.6) is 0 Å². The minimum absolute atomic E-state index is 0.454. The first-order valence-electron chi connectivity index (χ1n) is 3.81. The molecule has 0 aromatic rings. The number of rotatable bonds is 2. The first-order valence-corrected chi connectivity index (χ1v) is 3.81. The summed E-state index contributed by atoms with van der Waals surface area (Å²) in [6, 6.07) is 0.454. The van der Waals surface area contributed by atoms with Gasteiger partial charge in [0.25, 0.3) is 5.09 Å². The van der Waals surface area contributed by atoms with E-state index in [2.05, 4.69) is 10.2 Å². The van der Waals surface area contributed by atoms with Crippen molar-refractivity contribution in [2.45, 2.75) is 37.5 Å². The Labute approximate surface area is 63.8 Å². The molecule has 5 nitrogen and oxygen atoms in total. The van der Waals surface area contributed by atoms with Gasteiger partial charge in [-0.2, -0.15) is 0 Å². The maximum Gasteiger partial charge on any atom is 0.296 e. The average Bonchev–Trinajstić information content (AvgIpc) is 2.43. The van der Waals surface area contributed by atoms with Gasteiger partial charge < -0.3 is 0 Å². The Morgan fingerprint density at radius 3 is 2.55 bits per heavy atom. The van der Waals surface area contributed by atoms with Gasteiger partial charge >= 0.3 is 0 Å². The molecule has 2 bridgehead atoms. The lowest BCUT2D eigenvalue weighted by Crippen LogP contribution is -2.40. The van der Waals surface area contributed by atoms with Crippen molar-refractivity contribution in [3.8, 4) is 0 Å². The van der Waals surface area contributed by atoms with Crippen molar-refractivity contribution >= 4 is 0 Å². The lowest BCUT2D eigenvalue weighted by atomic mass is 9.98. The zero-order valence-corrected chi connectivity index (χ0v) is 6.08. The summed E-state index contributed by atoms with van der Waals surface area (Å²) in [4.78, 5) is 14.7. The highest BCUT2D eigenvalue weighted by molar-refractivity contribution is 4.97. The van der Waals surface area contributed by atoms with Crippen molar-refractivity contribution in [3.05, 3.63) is 10.1 Å². The number of nitrogens with one attached hydrogen (secondary N) is 1. The minimum atomic E-state index is -0.694. The standard InChI is InChI=1S/C6H10N2O3/c9-8(10)11-6-3-1-5(7-6)2-4-6/h5,7H,1-4H2. The van der Waals surface area contributed by atoms with Crippen molar-refractivity contribution in [1.82, 2.24) is 5.32 Å². The predicted octanol–water partition coefficient (Wildman–Crippen LogP) is 0.437. The molecule has 2 saturated heterocycles. The topological polar surface area (TPSA) is 64.4 Å². The van der Waals surface area contributed by atoms with Gasteiger partial charge in [0.05, 0.1) is 0 Å². The monoisotopic (exact) mass is 158 g/mol. The molecule has 1 N–H and O–H groups in total. The van der Waals surface area contributed by atoms with Gasteiger partial charge in [0.1, 0.15) is 0 Å². The van der Waals surface area contributed by atoms with Crippen LogP contribution in [0.25, 0.3) is 0 Å². The molecule has 0 radical (unpaired) electrons. The van der Waals surface area contributed by atoms with Gasteiger partial charge in [-0.15, -0.1) is 10.1 Å². The molecule has 0 aromatic heterocycles. The van der Waals surface area contributed by atoms with E-state index in [4.69, 9.17) is 0 Å². The molecule has 0 aromatic carbocycles. The highest BCUT2D eigenvalue weighted by Crippen LogP contribution is 2.38. The smallest absolute Gasteiger partial charge is 0.292 e. The van der Waals surface area contributed by atoms with Crippen molar-refractivity contribution in [2.24, 2.45) is 0 Å². The molecular weight excluding hydrogens is 148 g/mol. The highest BCUT2D eigenvalue weighted by atomic mass is 17.0. The molecule has 0 unspecified atom stereocenters. The molecule has 0 amide bonds. The first kappa shape index (κ1) is 6.84. The second-order valence-electron chi connectivity index (χ2n) is 3.23. The molecule has 62 valence electrons. The van der Waals surface area contributed by atoms with Gasteiger partial charge in [0, 0.05) is 6.04 Å². The normalized spacial score (nSPS) is 40.9. The predicted molar refractivity (Wildman–Crippen MR) is 36.2 cm³/mol. The van der Waals surface area contributed by atoms with E-state index in [0.29, 0.717) is 6.04 Å². The van der Waals surface area contributed by atoms with Crippen LogP contribution >= 0.6 is 0 Å². The molecule has 0 saturated carbocycles. The molecule has 2 heterocycles. The summed E-state index contributed by atoms with van der Waals surface area (Å²) >= 11 is 0. The Morgan fingerprint density at radius 1 is 1.55 bits per heavy atom. The third-order valence-electron chi connectivity index (χ3n) is 2.51. The zero-order chi connectivity index (χ0) is 7.90.